The minimum Gasteiger partial charge on any atom is -0.370 e. The van der Waals surface area contributed by atoms with Crippen LogP contribution in [0.3, 0.4) is 0 Å². The molecule has 1 spiro atoms. The van der Waals surface area contributed by atoms with Crippen molar-refractivity contribution in [3.8, 4) is 0 Å². The monoisotopic (exact) mass is 287 g/mol. The van der Waals surface area contributed by atoms with Gasteiger partial charge in [-0.05, 0) is 38.8 Å². The highest BCUT2D eigenvalue weighted by molar-refractivity contribution is 5.17. The van der Waals surface area contributed by atoms with E-state index in [1.807, 2.05) is 0 Å². The summed E-state index contributed by atoms with van der Waals surface area (Å²) < 4.78 is 6.51. The molecule has 1 N–H and O–H groups in total. The molecule has 2 aliphatic carbocycles. The van der Waals surface area contributed by atoms with E-state index in [2.05, 4.69) is 49.6 Å². The maximum absolute atomic E-state index is 6.51. The van der Waals surface area contributed by atoms with Gasteiger partial charge in [0, 0.05) is 11.5 Å². The van der Waals surface area contributed by atoms with E-state index in [1.54, 1.807) is 0 Å². The Balaban J connectivity index is 1.70. The zero-order valence-electron chi connectivity index (χ0n) is 13.5. The molecule has 2 aliphatic rings. The third-order valence-electron chi connectivity index (χ3n) is 5.81. The average Bonchev–Trinajstić information content (AvgIpc) is 2.79. The molecule has 0 heterocycles. The fourth-order valence-electron chi connectivity index (χ4n) is 4.45. The van der Waals surface area contributed by atoms with Crippen LogP contribution in [0, 0.1) is 5.41 Å². The lowest BCUT2D eigenvalue weighted by molar-refractivity contribution is -0.166. The minimum absolute atomic E-state index is 0.203. The fraction of sp³-hybridized carbons (Fsp3) is 0.684. The second-order valence-electron chi connectivity index (χ2n) is 6.90. The molecule has 0 aliphatic heterocycles. The first-order valence-electron chi connectivity index (χ1n) is 8.64. The molecule has 0 saturated heterocycles. The first kappa shape index (κ1) is 15.1. The quantitative estimate of drug-likeness (QED) is 0.882. The van der Waals surface area contributed by atoms with Gasteiger partial charge < -0.3 is 10.1 Å². The van der Waals surface area contributed by atoms with Crippen LogP contribution < -0.4 is 5.32 Å². The Morgan fingerprint density at radius 2 is 1.76 bits per heavy atom. The van der Waals surface area contributed by atoms with E-state index in [-0.39, 0.29) is 6.10 Å². The lowest BCUT2D eigenvalue weighted by Crippen LogP contribution is -2.63. The Morgan fingerprint density at radius 1 is 1.10 bits per heavy atom. The van der Waals surface area contributed by atoms with Crippen molar-refractivity contribution in [2.45, 2.75) is 70.1 Å². The standard InChI is InChI=1S/C19H29NO/c1-15(16-10-6-5-7-11-16)21-18-14-17(20-2)19(18)12-8-3-4-9-13-19/h5-7,10-11,15,17-18,20H,3-4,8-9,12-14H2,1-2H3. The molecule has 2 fully saturated rings. The summed E-state index contributed by atoms with van der Waals surface area (Å²) in [6.07, 6.45) is 10.0. The molecule has 21 heavy (non-hydrogen) atoms. The van der Waals surface area contributed by atoms with Crippen LogP contribution in [0.25, 0.3) is 0 Å². The highest BCUT2D eigenvalue weighted by atomic mass is 16.5. The van der Waals surface area contributed by atoms with Gasteiger partial charge in [0.25, 0.3) is 0 Å². The smallest absolute Gasteiger partial charge is 0.0800 e. The number of benzene rings is 1. The van der Waals surface area contributed by atoms with E-state index in [0.29, 0.717) is 17.6 Å². The fourth-order valence-corrected chi connectivity index (χ4v) is 4.45. The molecule has 116 valence electrons. The first-order valence-corrected chi connectivity index (χ1v) is 8.64. The predicted molar refractivity (Wildman–Crippen MR) is 87.3 cm³/mol. The SMILES string of the molecule is CNC1CC(OC(C)c2ccccc2)C12CCCCCC2. The lowest BCUT2D eigenvalue weighted by atomic mass is 9.57. The maximum atomic E-state index is 6.51. The van der Waals surface area contributed by atoms with Crippen LogP contribution >= 0.6 is 0 Å². The van der Waals surface area contributed by atoms with Crippen molar-refractivity contribution in [1.29, 1.82) is 0 Å². The molecule has 3 rings (SSSR count). The van der Waals surface area contributed by atoms with Gasteiger partial charge in [-0.1, -0.05) is 56.0 Å². The summed E-state index contributed by atoms with van der Waals surface area (Å²) in [5.74, 6) is 0. The molecular weight excluding hydrogens is 258 g/mol. The van der Waals surface area contributed by atoms with Crippen molar-refractivity contribution >= 4 is 0 Å². The van der Waals surface area contributed by atoms with E-state index in [1.165, 1.54) is 50.5 Å². The van der Waals surface area contributed by atoms with Gasteiger partial charge in [0.05, 0.1) is 12.2 Å². The topological polar surface area (TPSA) is 21.3 Å². The molecule has 0 radical (unpaired) electrons. The highest BCUT2D eigenvalue weighted by Gasteiger charge is 2.54. The summed E-state index contributed by atoms with van der Waals surface area (Å²) in [5.41, 5.74) is 1.70. The molecule has 0 bridgehead atoms. The van der Waals surface area contributed by atoms with Crippen molar-refractivity contribution in [2.24, 2.45) is 5.41 Å². The molecule has 2 heteroatoms. The third kappa shape index (κ3) is 2.89. The molecule has 3 unspecified atom stereocenters. The number of rotatable bonds is 4. The van der Waals surface area contributed by atoms with Gasteiger partial charge in [-0.15, -0.1) is 0 Å². The zero-order valence-corrected chi connectivity index (χ0v) is 13.5. The first-order chi connectivity index (χ1) is 10.3. The normalized spacial score (nSPS) is 29.6. The van der Waals surface area contributed by atoms with E-state index in [9.17, 15) is 0 Å². The molecule has 3 atom stereocenters. The lowest BCUT2D eigenvalue weighted by Gasteiger charge is -2.56. The van der Waals surface area contributed by atoms with Gasteiger partial charge in [0.2, 0.25) is 0 Å². The second-order valence-corrected chi connectivity index (χ2v) is 6.90. The maximum Gasteiger partial charge on any atom is 0.0800 e. The van der Waals surface area contributed by atoms with Crippen molar-refractivity contribution in [2.75, 3.05) is 7.05 Å². The van der Waals surface area contributed by atoms with Crippen LogP contribution in [-0.4, -0.2) is 19.2 Å². The van der Waals surface area contributed by atoms with E-state index in [4.69, 9.17) is 4.74 Å². The number of ether oxygens (including phenoxy) is 1. The molecule has 0 aromatic heterocycles. The summed E-state index contributed by atoms with van der Waals surface area (Å²) in [4.78, 5) is 0. The van der Waals surface area contributed by atoms with Crippen LogP contribution in [0.2, 0.25) is 0 Å². The van der Waals surface area contributed by atoms with Crippen molar-refractivity contribution < 1.29 is 4.74 Å². The van der Waals surface area contributed by atoms with Gasteiger partial charge in [0.15, 0.2) is 0 Å². The summed E-state index contributed by atoms with van der Waals surface area (Å²) in [7, 11) is 2.12. The van der Waals surface area contributed by atoms with Gasteiger partial charge in [-0.3, -0.25) is 0 Å². The van der Waals surface area contributed by atoms with Gasteiger partial charge in [-0.25, -0.2) is 0 Å². The Hall–Kier alpha value is -0.860. The minimum atomic E-state index is 0.203. The highest BCUT2D eigenvalue weighted by Crippen LogP contribution is 2.53. The molecule has 2 saturated carbocycles. The number of nitrogens with one attached hydrogen (secondary N) is 1. The van der Waals surface area contributed by atoms with Crippen molar-refractivity contribution in [3.63, 3.8) is 0 Å². The summed E-state index contributed by atoms with van der Waals surface area (Å²) >= 11 is 0. The Bertz CT molecular complexity index is 436. The van der Waals surface area contributed by atoms with Crippen LogP contribution in [0.15, 0.2) is 30.3 Å². The zero-order chi connectivity index (χ0) is 14.7. The van der Waals surface area contributed by atoms with E-state index in [0.717, 1.165) is 0 Å². The van der Waals surface area contributed by atoms with E-state index < -0.39 is 0 Å². The van der Waals surface area contributed by atoms with Crippen LogP contribution in [0.1, 0.15) is 63.5 Å². The van der Waals surface area contributed by atoms with Gasteiger partial charge in [-0.2, -0.15) is 0 Å². The summed E-state index contributed by atoms with van der Waals surface area (Å²) in [6.45, 7) is 2.20. The largest absolute Gasteiger partial charge is 0.370 e. The van der Waals surface area contributed by atoms with Gasteiger partial charge in [0.1, 0.15) is 0 Å². The number of hydrogen-bond donors (Lipinski definition) is 1. The molecule has 0 amide bonds. The molecular formula is C19H29NO. The number of hydrogen-bond acceptors (Lipinski definition) is 2. The Morgan fingerprint density at radius 3 is 2.38 bits per heavy atom. The third-order valence-corrected chi connectivity index (χ3v) is 5.81. The average molecular weight is 287 g/mol. The Labute approximate surface area is 129 Å². The predicted octanol–water partition coefficient (Wildman–Crippen LogP) is 4.47. The summed E-state index contributed by atoms with van der Waals surface area (Å²) in [6, 6.07) is 11.3. The van der Waals surface area contributed by atoms with E-state index >= 15 is 0 Å². The Kier molecular flexibility index (Phi) is 4.66. The van der Waals surface area contributed by atoms with Gasteiger partial charge >= 0.3 is 0 Å². The van der Waals surface area contributed by atoms with Crippen LogP contribution in [-0.2, 0) is 4.74 Å². The molecule has 2 nitrogen and oxygen atoms in total. The second kappa shape index (κ2) is 6.50. The van der Waals surface area contributed by atoms with Crippen LogP contribution in [0.4, 0.5) is 0 Å². The van der Waals surface area contributed by atoms with Crippen LogP contribution in [0.5, 0.6) is 0 Å². The molecule has 1 aromatic rings. The molecule has 1 aromatic carbocycles. The van der Waals surface area contributed by atoms with Crippen molar-refractivity contribution in [1.82, 2.24) is 5.32 Å². The van der Waals surface area contributed by atoms with Crippen molar-refractivity contribution in [3.05, 3.63) is 35.9 Å². The summed E-state index contributed by atoms with van der Waals surface area (Å²) in [5, 5.41) is 3.55.